The van der Waals surface area contributed by atoms with E-state index in [0.717, 1.165) is 12.0 Å². The molecule has 2 N–H and O–H groups in total. The van der Waals surface area contributed by atoms with Crippen molar-refractivity contribution >= 4 is 0 Å². The zero-order valence-electron chi connectivity index (χ0n) is 8.91. The molecule has 3 nitrogen and oxygen atoms in total. The lowest BCUT2D eigenvalue weighted by Crippen LogP contribution is -2.18. The van der Waals surface area contributed by atoms with Gasteiger partial charge in [-0.05, 0) is 11.8 Å². The van der Waals surface area contributed by atoms with Crippen molar-refractivity contribution in [3.05, 3.63) is 18.0 Å². The molecule has 13 heavy (non-hydrogen) atoms. The lowest BCUT2D eigenvalue weighted by Gasteiger charge is -2.22. The minimum atomic E-state index is 0.105. The topological polar surface area (TPSA) is 43.8 Å². The first-order valence-corrected chi connectivity index (χ1v) is 4.62. The average Bonchev–Trinajstić information content (AvgIpc) is 2.31. The second-order valence-electron chi connectivity index (χ2n) is 4.82. The quantitative estimate of drug-likeness (QED) is 0.756. The maximum absolute atomic E-state index is 6.04. The summed E-state index contributed by atoms with van der Waals surface area (Å²) in [7, 11) is 1.91. The summed E-state index contributed by atoms with van der Waals surface area (Å²) in [6.07, 6.45) is 4.81. The van der Waals surface area contributed by atoms with E-state index in [-0.39, 0.29) is 11.5 Å². The first kappa shape index (κ1) is 10.3. The highest BCUT2D eigenvalue weighted by molar-refractivity contribution is 5.09. The lowest BCUT2D eigenvalue weighted by atomic mass is 9.87. The van der Waals surface area contributed by atoms with Crippen LogP contribution in [0.15, 0.2) is 12.4 Å². The van der Waals surface area contributed by atoms with E-state index in [1.165, 1.54) is 0 Å². The van der Waals surface area contributed by atoms with E-state index in [2.05, 4.69) is 25.9 Å². The van der Waals surface area contributed by atoms with Gasteiger partial charge in [0.05, 0.1) is 6.20 Å². The number of hydrogen-bond donors (Lipinski definition) is 1. The monoisotopic (exact) mass is 181 g/mol. The molecule has 0 spiro atoms. The predicted molar refractivity (Wildman–Crippen MR) is 54.2 cm³/mol. The van der Waals surface area contributed by atoms with E-state index in [9.17, 15) is 0 Å². The summed E-state index contributed by atoms with van der Waals surface area (Å²) >= 11 is 0. The Hall–Kier alpha value is -0.830. The fourth-order valence-corrected chi connectivity index (χ4v) is 1.41. The van der Waals surface area contributed by atoms with Gasteiger partial charge in [-0.1, -0.05) is 20.8 Å². The van der Waals surface area contributed by atoms with Gasteiger partial charge in [-0.15, -0.1) is 0 Å². The Kier molecular flexibility index (Phi) is 2.76. The number of nitrogens with zero attached hydrogens (tertiary/aromatic N) is 2. The van der Waals surface area contributed by atoms with E-state index in [1.54, 1.807) is 4.68 Å². The number of rotatable bonds is 2. The van der Waals surface area contributed by atoms with Crippen LogP contribution >= 0.6 is 0 Å². The fourth-order valence-electron chi connectivity index (χ4n) is 1.41. The molecule has 0 fully saturated rings. The van der Waals surface area contributed by atoms with Gasteiger partial charge in [-0.3, -0.25) is 4.68 Å². The number of aryl methyl sites for hydroxylation is 1. The summed E-state index contributed by atoms with van der Waals surface area (Å²) < 4.78 is 1.79. The molecule has 0 aromatic carbocycles. The molecule has 0 bridgehead atoms. The third kappa shape index (κ3) is 3.19. The molecule has 3 heteroatoms. The summed E-state index contributed by atoms with van der Waals surface area (Å²) in [5.41, 5.74) is 7.44. The van der Waals surface area contributed by atoms with Crippen LogP contribution in [-0.4, -0.2) is 9.78 Å². The summed E-state index contributed by atoms with van der Waals surface area (Å²) in [6, 6.07) is 0.105. The molecular formula is C10H19N3. The van der Waals surface area contributed by atoms with Gasteiger partial charge in [-0.2, -0.15) is 5.10 Å². The molecule has 1 atom stereocenters. The minimum Gasteiger partial charge on any atom is -0.324 e. The maximum Gasteiger partial charge on any atom is 0.0537 e. The van der Waals surface area contributed by atoms with E-state index in [4.69, 9.17) is 5.73 Å². The molecule has 0 aliphatic heterocycles. The van der Waals surface area contributed by atoms with Crippen molar-refractivity contribution in [1.29, 1.82) is 0 Å². The molecule has 1 aromatic rings. The smallest absolute Gasteiger partial charge is 0.0537 e. The maximum atomic E-state index is 6.04. The second kappa shape index (κ2) is 3.50. The second-order valence-corrected chi connectivity index (χ2v) is 4.82. The van der Waals surface area contributed by atoms with Gasteiger partial charge in [0.2, 0.25) is 0 Å². The van der Waals surface area contributed by atoms with Crippen LogP contribution in [0.4, 0.5) is 0 Å². The van der Waals surface area contributed by atoms with Crippen molar-refractivity contribution in [2.75, 3.05) is 0 Å². The molecule has 1 aromatic heterocycles. The fraction of sp³-hybridized carbons (Fsp3) is 0.700. The van der Waals surface area contributed by atoms with Crippen LogP contribution in [0.5, 0.6) is 0 Å². The number of nitrogens with two attached hydrogens (primary N) is 1. The van der Waals surface area contributed by atoms with Gasteiger partial charge in [0, 0.05) is 24.8 Å². The van der Waals surface area contributed by atoms with E-state index >= 15 is 0 Å². The number of hydrogen-bond acceptors (Lipinski definition) is 2. The standard InChI is InChI=1S/C10H19N3/c1-10(2,3)5-9(11)8-6-12-13(4)7-8/h6-7,9H,5,11H2,1-4H3. The van der Waals surface area contributed by atoms with Gasteiger partial charge in [0.15, 0.2) is 0 Å². The summed E-state index contributed by atoms with van der Waals surface area (Å²) in [5.74, 6) is 0. The largest absolute Gasteiger partial charge is 0.324 e. The van der Waals surface area contributed by atoms with E-state index < -0.39 is 0 Å². The first-order valence-electron chi connectivity index (χ1n) is 4.62. The van der Waals surface area contributed by atoms with Gasteiger partial charge in [-0.25, -0.2) is 0 Å². The highest BCUT2D eigenvalue weighted by Crippen LogP contribution is 2.27. The summed E-state index contributed by atoms with van der Waals surface area (Å²) in [5, 5.41) is 4.10. The van der Waals surface area contributed by atoms with Gasteiger partial charge >= 0.3 is 0 Å². The molecule has 0 aliphatic rings. The average molecular weight is 181 g/mol. The van der Waals surface area contributed by atoms with E-state index in [0.29, 0.717) is 0 Å². The van der Waals surface area contributed by atoms with Crippen LogP contribution in [0, 0.1) is 5.41 Å². The van der Waals surface area contributed by atoms with Crippen molar-refractivity contribution in [2.45, 2.75) is 33.2 Å². The molecule has 0 amide bonds. The Morgan fingerprint density at radius 3 is 2.54 bits per heavy atom. The van der Waals surface area contributed by atoms with Crippen molar-refractivity contribution < 1.29 is 0 Å². The Morgan fingerprint density at radius 1 is 1.54 bits per heavy atom. The highest BCUT2D eigenvalue weighted by Gasteiger charge is 2.17. The van der Waals surface area contributed by atoms with Crippen LogP contribution in [0.3, 0.4) is 0 Å². The van der Waals surface area contributed by atoms with Gasteiger partial charge < -0.3 is 5.73 Å². The van der Waals surface area contributed by atoms with E-state index in [1.807, 2.05) is 19.4 Å². The summed E-state index contributed by atoms with van der Waals surface area (Å²) in [6.45, 7) is 6.59. The van der Waals surface area contributed by atoms with Crippen LogP contribution in [0.2, 0.25) is 0 Å². The molecule has 1 unspecified atom stereocenters. The molecule has 0 radical (unpaired) electrons. The zero-order chi connectivity index (χ0) is 10.1. The third-order valence-electron chi connectivity index (χ3n) is 1.99. The molecule has 1 rings (SSSR count). The Morgan fingerprint density at radius 2 is 2.15 bits per heavy atom. The molecule has 74 valence electrons. The Bertz CT molecular complexity index is 270. The van der Waals surface area contributed by atoms with Crippen LogP contribution in [-0.2, 0) is 7.05 Å². The Labute approximate surface area is 79.9 Å². The molecule has 0 saturated heterocycles. The zero-order valence-corrected chi connectivity index (χ0v) is 8.91. The van der Waals surface area contributed by atoms with Crippen molar-refractivity contribution in [3.8, 4) is 0 Å². The van der Waals surface area contributed by atoms with Crippen LogP contribution < -0.4 is 5.73 Å². The molecular weight excluding hydrogens is 162 g/mol. The summed E-state index contributed by atoms with van der Waals surface area (Å²) in [4.78, 5) is 0. The highest BCUT2D eigenvalue weighted by atomic mass is 15.2. The van der Waals surface area contributed by atoms with Crippen molar-refractivity contribution in [2.24, 2.45) is 18.2 Å². The third-order valence-corrected chi connectivity index (χ3v) is 1.99. The van der Waals surface area contributed by atoms with Crippen LogP contribution in [0.1, 0.15) is 38.8 Å². The first-order chi connectivity index (χ1) is 5.88. The van der Waals surface area contributed by atoms with Gasteiger partial charge in [0.25, 0.3) is 0 Å². The molecule has 0 aliphatic carbocycles. The van der Waals surface area contributed by atoms with Crippen molar-refractivity contribution in [3.63, 3.8) is 0 Å². The SMILES string of the molecule is Cn1cc(C(N)CC(C)(C)C)cn1. The van der Waals surface area contributed by atoms with Crippen molar-refractivity contribution in [1.82, 2.24) is 9.78 Å². The predicted octanol–water partition coefficient (Wildman–Crippen LogP) is 1.86. The van der Waals surface area contributed by atoms with Gasteiger partial charge in [0.1, 0.15) is 0 Å². The Balaban J connectivity index is 2.64. The molecule has 1 heterocycles. The molecule has 0 saturated carbocycles. The lowest BCUT2D eigenvalue weighted by molar-refractivity contribution is 0.343. The minimum absolute atomic E-state index is 0.105. The van der Waals surface area contributed by atoms with Crippen LogP contribution in [0.25, 0.3) is 0 Å². The number of aromatic nitrogens is 2. The normalized spacial score (nSPS) is 14.5.